The minimum absolute atomic E-state index is 0.00865. The highest BCUT2D eigenvalue weighted by atomic mass is 16.6. The molecule has 0 spiro atoms. The van der Waals surface area contributed by atoms with Gasteiger partial charge in [-0.1, -0.05) is 46.0 Å². The van der Waals surface area contributed by atoms with Crippen molar-refractivity contribution in [1.29, 1.82) is 0 Å². The lowest BCUT2D eigenvalue weighted by molar-refractivity contribution is -0.123. The van der Waals surface area contributed by atoms with Gasteiger partial charge >= 0.3 is 6.09 Å². The highest BCUT2D eigenvalue weighted by Crippen LogP contribution is 2.28. The van der Waals surface area contributed by atoms with E-state index < -0.39 is 23.8 Å². The average molecular weight is 385 g/mol. The normalized spacial score (nSPS) is 18.0. The van der Waals surface area contributed by atoms with Crippen LogP contribution in [0.1, 0.15) is 86.0 Å². The van der Waals surface area contributed by atoms with Gasteiger partial charge in [-0.3, -0.25) is 4.79 Å². The summed E-state index contributed by atoms with van der Waals surface area (Å²) in [5.41, 5.74) is -0.599. The van der Waals surface area contributed by atoms with Crippen LogP contribution >= 0.6 is 0 Å². The van der Waals surface area contributed by atoms with Crippen molar-refractivity contribution in [2.75, 3.05) is 6.54 Å². The highest BCUT2D eigenvalue weighted by molar-refractivity contribution is 5.76. The fourth-order valence-electron chi connectivity index (χ4n) is 3.46. The number of carbonyl (C=O) groups excluding carboxylic acids is 2. The topological polar surface area (TPSA) is 87.7 Å². The molecule has 3 N–H and O–H groups in total. The number of hydrogen-bond donors (Lipinski definition) is 3. The molecule has 0 aliphatic heterocycles. The molecule has 6 nitrogen and oxygen atoms in total. The van der Waals surface area contributed by atoms with Crippen LogP contribution in [-0.2, 0) is 9.53 Å². The van der Waals surface area contributed by atoms with Gasteiger partial charge < -0.3 is 20.5 Å². The monoisotopic (exact) mass is 384 g/mol. The van der Waals surface area contributed by atoms with E-state index in [1.807, 2.05) is 0 Å². The van der Waals surface area contributed by atoms with Gasteiger partial charge in [0.25, 0.3) is 0 Å². The molecule has 0 radical (unpaired) electrons. The van der Waals surface area contributed by atoms with Crippen molar-refractivity contribution in [3.8, 4) is 0 Å². The summed E-state index contributed by atoms with van der Waals surface area (Å²) in [7, 11) is 0. The predicted molar refractivity (Wildman–Crippen MR) is 107 cm³/mol. The molecule has 1 aliphatic carbocycles. The Morgan fingerprint density at radius 2 is 1.78 bits per heavy atom. The quantitative estimate of drug-likeness (QED) is 0.565. The summed E-state index contributed by atoms with van der Waals surface area (Å²) in [6.07, 6.45) is 5.97. The Hall–Kier alpha value is -1.30. The van der Waals surface area contributed by atoms with Gasteiger partial charge in [0.05, 0.1) is 18.6 Å². The minimum Gasteiger partial charge on any atom is -0.444 e. The van der Waals surface area contributed by atoms with Crippen molar-refractivity contribution in [3.05, 3.63) is 0 Å². The van der Waals surface area contributed by atoms with Crippen molar-refractivity contribution >= 4 is 12.0 Å². The zero-order chi connectivity index (χ0) is 20.4. The second kappa shape index (κ2) is 11.5. The molecule has 0 aromatic rings. The molecule has 0 aromatic heterocycles. The summed E-state index contributed by atoms with van der Waals surface area (Å²) in [4.78, 5) is 24.3. The van der Waals surface area contributed by atoms with Crippen LogP contribution in [0.15, 0.2) is 0 Å². The van der Waals surface area contributed by atoms with E-state index in [0.29, 0.717) is 24.8 Å². The standard InChI is InChI=1S/C21H40N2O4/c1-15(2)11-12-22-19(25)14-18(24)17(13-16-9-7-6-8-10-16)23-20(26)27-21(3,4)5/h15-18,24H,6-14H2,1-5H3,(H,22,25)(H,23,26). The first-order chi connectivity index (χ1) is 12.6. The summed E-state index contributed by atoms with van der Waals surface area (Å²) in [6, 6.07) is -0.473. The van der Waals surface area contributed by atoms with E-state index in [1.165, 1.54) is 19.3 Å². The zero-order valence-corrected chi connectivity index (χ0v) is 17.8. The van der Waals surface area contributed by atoms with Crippen LogP contribution in [0.4, 0.5) is 4.79 Å². The number of nitrogens with one attached hydrogen (secondary N) is 2. The average Bonchev–Trinajstić information content (AvgIpc) is 2.53. The maximum absolute atomic E-state index is 12.2. The van der Waals surface area contributed by atoms with Gasteiger partial charge in [0.15, 0.2) is 0 Å². The minimum atomic E-state index is -0.918. The van der Waals surface area contributed by atoms with Crippen LogP contribution in [0.25, 0.3) is 0 Å². The Kier molecular flexibility index (Phi) is 10.1. The Bertz CT molecular complexity index is 454. The van der Waals surface area contributed by atoms with Crippen molar-refractivity contribution in [2.24, 2.45) is 11.8 Å². The molecule has 0 saturated heterocycles. The van der Waals surface area contributed by atoms with Gasteiger partial charge in [-0.05, 0) is 45.4 Å². The smallest absolute Gasteiger partial charge is 0.407 e. The van der Waals surface area contributed by atoms with Crippen LogP contribution < -0.4 is 10.6 Å². The molecular formula is C21H40N2O4. The van der Waals surface area contributed by atoms with Gasteiger partial charge in [-0.2, -0.15) is 0 Å². The van der Waals surface area contributed by atoms with Crippen molar-refractivity contribution in [2.45, 2.75) is 104 Å². The first-order valence-corrected chi connectivity index (χ1v) is 10.5. The molecule has 27 heavy (non-hydrogen) atoms. The summed E-state index contributed by atoms with van der Waals surface area (Å²) in [5, 5.41) is 16.3. The number of rotatable bonds is 9. The summed E-state index contributed by atoms with van der Waals surface area (Å²) < 4.78 is 5.34. The Morgan fingerprint density at radius 3 is 2.33 bits per heavy atom. The molecule has 0 aromatic carbocycles. The highest BCUT2D eigenvalue weighted by Gasteiger charge is 2.29. The molecular weight excluding hydrogens is 344 g/mol. The van der Waals surface area contributed by atoms with Gasteiger partial charge in [0.1, 0.15) is 5.60 Å². The van der Waals surface area contributed by atoms with Gasteiger partial charge in [-0.15, -0.1) is 0 Å². The fourth-order valence-corrected chi connectivity index (χ4v) is 3.46. The maximum Gasteiger partial charge on any atom is 0.407 e. The van der Waals surface area contributed by atoms with Gasteiger partial charge in [0.2, 0.25) is 5.91 Å². The second-order valence-electron chi connectivity index (χ2n) is 9.30. The first kappa shape index (κ1) is 23.7. The third kappa shape index (κ3) is 11.2. The molecule has 6 heteroatoms. The third-order valence-corrected chi connectivity index (χ3v) is 4.92. The van der Waals surface area contributed by atoms with Crippen molar-refractivity contribution in [1.82, 2.24) is 10.6 Å². The number of hydrogen-bond acceptors (Lipinski definition) is 4. The summed E-state index contributed by atoms with van der Waals surface area (Å²) >= 11 is 0. The van der Waals surface area contributed by atoms with Crippen LogP contribution in [0, 0.1) is 11.8 Å². The number of aliphatic hydroxyl groups excluding tert-OH is 1. The van der Waals surface area contributed by atoms with E-state index in [2.05, 4.69) is 24.5 Å². The molecule has 1 rings (SSSR count). The molecule has 0 bridgehead atoms. The number of ether oxygens (including phenoxy) is 1. The van der Waals surface area contributed by atoms with E-state index in [1.54, 1.807) is 20.8 Å². The molecule has 0 heterocycles. The number of alkyl carbamates (subject to hydrolysis) is 1. The molecule has 2 atom stereocenters. The Morgan fingerprint density at radius 1 is 1.15 bits per heavy atom. The van der Waals surface area contributed by atoms with Crippen LogP contribution in [0.5, 0.6) is 0 Å². The van der Waals surface area contributed by atoms with Crippen molar-refractivity contribution < 1.29 is 19.4 Å². The third-order valence-electron chi connectivity index (χ3n) is 4.92. The molecule has 1 aliphatic rings. The number of amides is 2. The van der Waals surface area contributed by atoms with Gasteiger partial charge in [-0.25, -0.2) is 4.79 Å². The lowest BCUT2D eigenvalue weighted by atomic mass is 9.83. The Labute approximate surface area is 164 Å². The van der Waals surface area contributed by atoms with Crippen LogP contribution in [0.3, 0.4) is 0 Å². The van der Waals surface area contributed by atoms with E-state index in [4.69, 9.17) is 4.74 Å². The molecule has 158 valence electrons. The van der Waals surface area contributed by atoms with E-state index >= 15 is 0 Å². The van der Waals surface area contributed by atoms with E-state index in [-0.39, 0.29) is 12.3 Å². The maximum atomic E-state index is 12.2. The van der Waals surface area contributed by atoms with Crippen LogP contribution in [0.2, 0.25) is 0 Å². The Balaban J connectivity index is 2.61. The molecule has 2 amide bonds. The second-order valence-corrected chi connectivity index (χ2v) is 9.30. The van der Waals surface area contributed by atoms with Crippen LogP contribution in [-0.4, -0.2) is 41.4 Å². The fraction of sp³-hybridized carbons (Fsp3) is 0.905. The largest absolute Gasteiger partial charge is 0.444 e. The van der Waals surface area contributed by atoms with Gasteiger partial charge in [0, 0.05) is 6.54 Å². The van der Waals surface area contributed by atoms with Crippen molar-refractivity contribution in [3.63, 3.8) is 0 Å². The SMILES string of the molecule is CC(C)CCNC(=O)CC(O)C(CC1CCCCC1)NC(=O)OC(C)(C)C. The summed E-state index contributed by atoms with van der Waals surface area (Å²) in [6.45, 7) is 10.2. The van der Waals surface area contributed by atoms with E-state index in [9.17, 15) is 14.7 Å². The predicted octanol–water partition coefficient (Wildman–Crippen LogP) is 3.76. The molecule has 1 fully saturated rings. The first-order valence-electron chi connectivity index (χ1n) is 10.5. The number of carbonyl (C=O) groups is 2. The lowest BCUT2D eigenvalue weighted by Gasteiger charge is -2.31. The lowest BCUT2D eigenvalue weighted by Crippen LogP contribution is -2.48. The summed E-state index contributed by atoms with van der Waals surface area (Å²) in [5.74, 6) is 0.809. The van der Waals surface area contributed by atoms with E-state index in [0.717, 1.165) is 19.3 Å². The zero-order valence-electron chi connectivity index (χ0n) is 17.8. The molecule has 1 saturated carbocycles. The number of aliphatic hydroxyl groups is 1. The molecule has 2 unspecified atom stereocenters.